The number of pyridine rings is 1. The lowest BCUT2D eigenvalue weighted by atomic mass is 10.2. The average molecular weight is 314 g/mol. The molecular weight excluding hydrogens is 292 g/mol. The maximum atomic E-state index is 11.6. The normalized spacial score (nSPS) is 21.0. The van der Waals surface area contributed by atoms with Crippen LogP contribution in [0.1, 0.15) is 25.5 Å². The molecule has 1 aromatic rings. The molecule has 1 fully saturated rings. The quantitative estimate of drug-likeness (QED) is 0.860. The largest absolute Gasteiger partial charge is 0.503 e. The first-order valence-corrected chi connectivity index (χ1v) is 8.97. The van der Waals surface area contributed by atoms with Gasteiger partial charge in [-0.2, -0.15) is 0 Å². The molecule has 2 heterocycles. The fourth-order valence-corrected chi connectivity index (χ4v) is 4.50. The van der Waals surface area contributed by atoms with E-state index in [0.29, 0.717) is 19.5 Å². The molecule has 1 aromatic heterocycles. The van der Waals surface area contributed by atoms with Gasteiger partial charge in [0.1, 0.15) is 0 Å². The first kappa shape index (κ1) is 16.0. The fraction of sp³-hybridized carbons (Fsp3) is 0.643. The molecule has 6 nitrogen and oxygen atoms in total. The van der Waals surface area contributed by atoms with Crippen molar-refractivity contribution in [1.29, 1.82) is 0 Å². The molecule has 0 aromatic carbocycles. The number of aromatic hydroxyl groups is 1. The van der Waals surface area contributed by atoms with Crippen molar-refractivity contribution in [2.45, 2.75) is 38.9 Å². The van der Waals surface area contributed by atoms with Crippen LogP contribution in [-0.4, -0.2) is 47.6 Å². The van der Waals surface area contributed by atoms with Gasteiger partial charge in [0.15, 0.2) is 15.6 Å². The molecule has 0 saturated carbocycles. The van der Waals surface area contributed by atoms with Crippen LogP contribution in [0.15, 0.2) is 17.1 Å². The van der Waals surface area contributed by atoms with E-state index in [1.165, 1.54) is 12.3 Å². The Morgan fingerprint density at radius 3 is 2.76 bits per heavy atom. The Balaban J connectivity index is 2.18. The Bertz CT molecular complexity index is 666. The summed E-state index contributed by atoms with van der Waals surface area (Å²) in [6, 6.07) is 1.43. The van der Waals surface area contributed by atoms with Gasteiger partial charge in [-0.3, -0.25) is 9.69 Å². The molecule has 1 saturated heterocycles. The van der Waals surface area contributed by atoms with E-state index < -0.39 is 15.3 Å². The maximum absolute atomic E-state index is 11.6. The third kappa shape index (κ3) is 3.85. The molecule has 1 unspecified atom stereocenters. The van der Waals surface area contributed by atoms with Crippen molar-refractivity contribution in [3.63, 3.8) is 0 Å². The second kappa shape index (κ2) is 6.19. The van der Waals surface area contributed by atoms with Crippen LogP contribution in [0, 0.1) is 0 Å². The van der Waals surface area contributed by atoms with Gasteiger partial charge in [-0.15, -0.1) is 0 Å². The highest BCUT2D eigenvalue weighted by Gasteiger charge is 2.30. The van der Waals surface area contributed by atoms with Crippen LogP contribution in [0.25, 0.3) is 0 Å². The van der Waals surface area contributed by atoms with E-state index in [9.17, 15) is 18.3 Å². The summed E-state index contributed by atoms with van der Waals surface area (Å²) < 4.78 is 25.0. The lowest BCUT2D eigenvalue weighted by Crippen LogP contribution is -2.33. The van der Waals surface area contributed by atoms with Gasteiger partial charge in [0, 0.05) is 30.9 Å². The van der Waals surface area contributed by atoms with E-state index in [1.54, 1.807) is 0 Å². The topological polar surface area (TPSA) is 79.6 Å². The van der Waals surface area contributed by atoms with Crippen molar-refractivity contribution in [2.24, 2.45) is 0 Å². The maximum Gasteiger partial charge on any atom is 0.223 e. The van der Waals surface area contributed by atoms with E-state index in [-0.39, 0.29) is 23.3 Å². The summed E-state index contributed by atoms with van der Waals surface area (Å²) in [5.41, 5.74) is 0.399. The fourth-order valence-electron chi connectivity index (χ4n) is 2.70. The molecule has 118 valence electrons. The predicted molar refractivity (Wildman–Crippen MR) is 81.2 cm³/mol. The van der Waals surface area contributed by atoms with Crippen molar-refractivity contribution in [2.75, 3.05) is 18.6 Å². The second-order valence-electron chi connectivity index (χ2n) is 5.68. The molecule has 21 heavy (non-hydrogen) atoms. The van der Waals surface area contributed by atoms with Crippen LogP contribution in [0.2, 0.25) is 0 Å². The molecule has 0 bridgehead atoms. The third-order valence-corrected chi connectivity index (χ3v) is 5.66. The Labute approximate surface area is 124 Å². The van der Waals surface area contributed by atoms with Crippen molar-refractivity contribution in [3.05, 3.63) is 28.2 Å². The number of hydrogen-bond acceptors (Lipinski definition) is 5. The average Bonchev–Trinajstić information content (AvgIpc) is 2.76. The third-order valence-electron chi connectivity index (χ3n) is 3.90. The monoisotopic (exact) mass is 314 g/mol. The zero-order valence-corrected chi connectivity index (χ0v) is 13.3. The van der Waals surface area contributed by atoms with Gasteiger partial charge in [-0.1, -0.05) is 6.92 Å². The molecule has 1 atom stereocenters. The van der Waals surface area contributed by atoms with E-state index in [2.05, 4.69) is 0 Å². The number of rotatable bonds is 5. The molecule has 1 aliphatic heterocycles. The zero-order chi connectivity index (χ0) is 15.6. The number of aromatic nitrogens is 1. The summed E-state index contributed by atoms with van der Waals surface area (Å²) >= 11 is 0. The Morgan fingerprint density at radius 2 is 2.19 bits per heavy atom. The number of hydrogen-bond donors (Lipinski definition) is 1. The van der Waals surface area contributed by atoms with Crippen molar-refractivity contribution in [1.82, 2.24) is 9.47 Å². The van der Waals surface area contributed by atoms with Crippen LogP contribution in [0.4, 0.5) is 0 Å². The Kier molecular flexibility index (Phi) is 4.73. The number of nitrogens with zero attached hydrogens (tertiary/aromatic N) is 2. The smallest absolute Gasteiger partial charge is 0.223 e. The van der Waals surface area contributed by atoms with Crippen LogP contribution in [0.5, 0.6) is 5.75 Å². The van der Waals surface area contributed by atoms with Gasteiger partial charge in [-0.05, 0) is 19.9 Å². The van der Waals surface area contributed by atoms with Gasteiger partial charge in [0.05, 0.1) is 17.7 Å². The van der Waals surface area contributed by atoms with Gasteiger partial charge >= 0.3 is 0 Å². The number of aryl methyl sites for hydroxylation is 1. The molecule has 0 amide bonds. The standard InChI is InChI=1S/C14H22N2O4S/c1-3-5-16-9-14(18)13(17)7-12(16)8-15(2)11-4-6-21(19,20)10-11/h7,9,11,18H,3-6,8,10H2,1-2H3. The van der Waals surface area contributed by atoms with Gasteiger partial charge in [0.25, 0.3) is 0 Å². The van der Waals surface area contributed by atoms with Crippen LogP contribution in [-0.2, 0) is 22.9 Å². The van der Waals surface area contributed by atoms with Gasteiger partial charge < -0.3 is 9.67 Å². The van der Waals surface area contributed by atoms with Crippen molar-refractivity contribution < 1.29 is 13.5 Å². The SMILES string of the molecule is CCCn1cc(O)c(=O)cc1CN(C)C1CCS(=O)(=O)C1. The number of sulfone groups is 1. The van der Waals surface area contributed by atoms with E-state index in [4.69, 9.17) is 0 Å². The van der Waals surface area contributed by atoms with E-state index in [1.807, 2.05) is 23.4 Å². The van der Waals surface area contributed by atoms with Crippen LogP contribution < -0.4 is 5.43 Å². The van der Waals surface area contributed by atoms with Gasteiger partial charge in [0.2, 0.25) is 5.43 Å². The summed E-state index contributed by atoms with van der Waals surface area (Å²) in [7, 11) is -1.04. The first-order chi connectivity index (χ1) is 9.82. The lowest BCUT2D eigenvalue weighted by molar-refractivity contribution is 0.246. The van der Waals surface area contributed by atoms with Crippen LogP contribution in [0.3, 0.4) is 0 Å². The molecule has 0 aliphatic carbocycles. The molecule has 0 spiro atoms. The predicted octanol–water partition coefficient (Wildman–Crippen LogP) is 0.583. The molecule has 1 aliphatic rings. The lowest BCUT2D eigenvalue weighted by Gasteiger charge is -2.25. The molecule has 7 heteroatoms. The minimum atomic E-state index is -2.92. The second-order valence-corrected chi connectivity index (χ2v) is 7.91. The summed E-state index contributed by atoms with van der Waals surface area (Å²) in [4.78, 5) is 13.6. The van der Waals surface area contributed by atoms with Crippen molar-refractivity contribution in [3.8, 4) is 5.75 Å². The van der Waals surface area contributed by atoms with Crippen LogP contribution >= 0.6 is 0 Å². The highest BCUT2D eigenvalue weighted by atomic mass is 32.2. The van der Waals surface area contributed by atoms with Gasteiger partial charge in [-0.25, -0.2) is 8.42 Å². The Hall–Kier alpha value is -1.34. The van der Waals surface area contributed by atoms with Crippen molar-refractivity contribution >= 4 is 9.84 Å². The summed E-state index contributed by atoms with van der Waals surface area (Å²) in [6.45, 7) is 3.22. The highest BCUT2D eigenvalue weighted by molar-refractivity contribution is 7.91. The zero-order valence-electron chi connectivity index (χ0n) is 12.4. The van der Waals surface area contributed by atoms with E-state index >= 15 is 0 Å². The Morgan fingerprint density at radius 1 is 1.48 bits per heavy atom. The molecule has 1 N–H and O–H groups in total. The molecule has 0 radical (unpaired) electrons. The molecular formula is C14H22N2O4S. The molecule has 2 rings (SSSR count). The minimum Gasteiger partial charge on any atom is -0.503 e. The minimum absolute atomic E-state index is 0.00557. The highest BCUT2D eigenvalue weighted by Crippen LogP contribution is 2.18. The van der Waals surface area contributed by atoms with E-state index in [0.717, 1.165) is 12.1 Å². The summed E-state index contributed by atoms with van der Waals surface area (Å²) in [5, 5.41) is 9.54. The summed E-state index contributed by atoms with van der Waals surface area (Å²) in [6.07, 6.45) is 2.98. The summed E-state index contributed by atoms with van der Waals surface area (Å²) in [5.74, 6) is 0.164. The first-order valence-electron chi connectivity index (χ1n) is 7.15.